The summed E-state index contributed by atoms with van der Waals surface area (Å²) < 4.78 is 4.49. The third-order valence-electron chi connectivity index (χ3n) is 1.09. The van der Waals surface area contributed by atoms with E-state index in [0.717, 1.165) is 0 Å². The lowest BCUT2D eigenvalue weighted by molar-refractivity contribution is -0.147. The molecule has 0 heterocycles. The van der Waals surface area contributed by atoms with Crippen molar-refractivity contribution in [3.05, 3.63) is 0 Å². The number of aliphatic hydroxyl groups excluding tert-OH is 1. The number of rotatable bonds is 4. The zero-order valence-corrected chi connectivity index (χ0v) is 6.66. The number of hydrogen-bond acceptors (Lipinski definition) is 4. The van der Waals surface area contributed by atoms with Crippen LogP contribution in [-0.2, 0) is 14.3 Å². The van der Waals surface area contributed by atoms with E-state index in [1.165, 1.54) is 6.92 Å². The van der Waals surface area contributed by atoms with Crippen LogP contribution in [0.4, 0.5) is 0 Å². The molecule has 0 spiro atoms. The van der Waals surface area contributed by atoms with E-state index in [-0.39, 0.29) is 13.0 Å². The highest BCUT2D eigenvalue weighted by Crippen LogP contribution is 1.92. The molecule has 0 aromatic rings. The molecule has 0 saturated heterocycles. The van der Waals surface area contributed by atoms with Gasteiger partial charge in [0, 0.05) is 0 Å². The second-order valence-corrected chi connectivity index (χ2v) is 2.12. The van der Waals surface area contributed by atoms with Crippen molar-refractivity contribution in [3.63, 3.8) is 0 Å². The lowest BCUT2D eigenvalue weighted by Gasteiger charge is -2.02. The summed E-state index contributed by atoms with van der Waals surface area (Å²) >= 11 is 0. The maximum atomic E-state index is 10.7. The summed E-state index contributed by atoms with van der Waals surface area (Å²) in [5.41, 5.74) is 0. The van der Waals surface area contributed by atoms with Gasteiger partial charge >= 0.3 is 5.97 Å². The number of aliphatic hydroxyl groups is 1. The first kappa shape index (κ1) is 10.1. The fourth-order valence-corrected chi connectivity index (χ4v) is 0.502. The standard InChI is InChI=1S/C7H12O4/c1-3-11-7(10)4-6(9)5(2)8/h5,8H,3-4H2,1-2H3. The van der Waals surface area contributed by atoms with Crippen molar-refractivity contribution in [2.45, 2.75) is 26.4 Å². The predicted molar refractivity (Wildman–Crippen MR) is 37.9 cm³/mol. The van der Waals surface area contributed by atoms with E-state index in [0.29, 0.717) is 0 Å². The van der Waals surface area contributed by atoms with Crippen LogP contribution < -0.4 is 0 Å². The molecule has 0 aliphatic heterocycles. The molecule has 0 bridgehead atoms. The van der Waals surface area contributed by atoms with Gasteiger partial charge in [-0.05, 0) is 13.8 Å². The van der Waals surface area contributed by atoms with Crippen molar-refractivity contribution in [2.75, 3.05) is 6.61 Å². The zero-order chi connectivity index (χ0) is 8.85. The quantitative estimate of drug-likeness (QED) is 0.460. The molecule has 4 heteroatoms. The van der Waals surface area contributed by atoms with Crippen LogP contribution in [0.2, 0.25) is 0 Å². The molecule has 0 fully saturated rings. The second kappa shape index (κ2) is 4.85. The zero-order valence-electron chi connectivity index (χ0n) is 6.66. The first-order valence-corrected chi connectivity index (χ1v) is 3.44. The van der Waals surface area contributed by atoms with Crippen LogP contribution in [-0.4, -0.2) is 29.6 Å². The monoisotopic (exact) mass is 160 g/mol. The smallest absolute Gasteiger partial charge is 0.313 e. The summed E-state index contributed by atoms with van der Waals surface area (Å²) in [7, 11) is 0. The van der Waals surface area contributed by atoms with E-state index in [1.807, 2.05) is 0 Å². The first-order chi connectivity index (χ1) is 5.07. The number of esters is 1. The van der Waals surface area contributed by atoms with Gasteiger partial charge in [-0.15, -0.1) is 0 Å². The number of ether oxygens (including phenoxy) is 1. The topological polar surface area (TPSA) is 63.6 Å². The van der Waals surface area contributed by atoms with E-state index in [4.69, 9.17) is 5.11 Å². The van der Waals surface area contributed by atoms with Crippen molar-refractivity contribution < 1.29 is 19.4 Å². The highest BCUT2D eigenvalue weighted by Gasteiger charge is 2.14. The summed E-state index contributed by atoms with van der Waals surface area (Å²) in [6, 6.07) is 0. The Morgan fingerprint density at radius 2 is 2.09 bits per heavy atom. The highest BCUT2D eigenvalue weighted by atomic mass is 16.5. The summed E-state index contributed by atoms with van der Waals surface area (Å²) in [5, 5.41) is 8.68. The van der Waals surface area contributed by atoms with Crippen molar-refractivity contribution >= 4 is 11.8 Å². The van der Waals surface area contributed by atoms with Crippen molar-refractivity contribution in [2.24, 2.45) is 0 Å². The molecule has 0 amide bonds. The Morgan fingerprint density at radius 1 is 1.55 bits per heavy atom. The normalized spacial score (nSPS) is 12.3. The van der Waals surface area contributed by atoms with Gasteiger partial charge in [0.25, 0.3) is 0 Å². The van der Waals surface area contributed by atoms with Crippen LogP contribution in [0.3, 0.4) is 0 Å². The minimum Gasteiger partial charge on any atom is -0.466 e. The Hall–Kier alpha value is -0.900. The van der Waals surface area contributed by atoms with Crippen molar-refractivity contribution in [3.8, 4) is 0 Å². The molecule has 0 radical (unpaired) electrons. The lowest BCUT2D eigenvalue weighted by atomic mass is 10.2. The van der Waals surface area contributed by atoms with E-state index < -0.39 is 17.9 Å². The largest absolute Gasteiger partial charge is 0.466 e. The molecule has 1 atom stereocenters. The van der Waals surface area contributed by atoms with E-state index >= 15 is 0 Å². The molecule has 0 aliphatic carbocycles. The molecule has 1 N–H and O–H groups in total. The minimum absolute atomic E-state index is 0.256. The SMILES string of the molecule is CCOC(=O)CC(=O)C(C)O. The molecule has 0 aliphatic rings. The van der Waals surface area contributed by atoms with Crippen molar-refractivity contribution in [1.29, 1.82) is 0 Å². The number of Topliss-reactive ketones (excluding diaryl/α,β-unsaturated/α-hetero) is 1. The molecule has 0 aromatic heterocycles. The molecular weight excluding hydrogens is 148 g/mol. The van der Waals surface area contributed by atoms with Crippen LogP contribution in [0, 0.1) is 0 Å². The average Bonchev–Trinajstić information content (AvgIpc) is 1.87. The summed E-state index contributed by atoms with van der Waals surface area (Å²) in [4.78, 5) is 21.3. The van der Waals surface area contributed by atoms with Crippen LogP contribution in [0.1, 0.15) is 20.3 Å². The highest BCUT2D eigenvalue weighted by molar-refractivity contribution is 5.97. The van der Waals surface area contributed by atoms with Crippen molar-refractivity contribution in [1.82, 2.24) is 0 Å². The van der Waals surface area contributed by atoms with Gasteiger partial charge in [0.2, 0.25) is 0 Å². The molecule has 0 rings (SSSR count). The van der Waals surface area contributed by atoms with Crippen LogP contribution >= 0.6 is 0 Å². The summed E-state index contributed by atoms with van der Waals surface area (Å²) in [6.07, 6.45) is -1.43. The van der Waals surface area contributed by atoms with Gasteiger partial charge in [0.1, 0.15) is 12.5 Å². The van der Waals surface area contributed by atoms with Gasteiger partial charge in [-0.3, -0.25) is 9.59 Å². The molecule has 64 valence electrons. The number of carbonyl (C=O) groups excluding carboxylic acids is 2. The maximum Gasteiger partial charge on any atom is 0.313 e. The Bertz CT molecular complexity index is 151. The fourth-order valence-electron chi connectivity index (χ4n) is 0.502. The Labute approximate surface area is 65.2 Å². The number of ketones is 1. The van der Waals surface area contributed by atoms with E-state index in [1.54, 1.807) is 6.92 Å². The van der Waals surface area contributed by atoms with Gasteiger partial charge in [-0.25, -0.2) is 0 Å². The van der Waals surface area contributed by atoms with Crippen LogP contribution in [0.5, 0.6) is 0 Å². The predicted octanol–water partition coefficient (Wildman–Crippen LogP) is -0.110. The second-order valence-electron chi connectivity index (χ2n) is 2.12. The first-order valence-electron chi connectivity index (χ1n) is 3.44. The number of carbonyl (C=O) groups is 2. The molecule has 1 unspecified atom stereocenters. The van der Waals surface area contributed by atoms with Gasteiger partial charge < -0.3 is 9.84 Å². The number of hydrogen-bond donors (Lipinski definition) is 1. The van der Waals surface area contributed by atoms with Gasteiger partial charge in [0.05, 0.1) is 6.61 Å². The third-order valence-corrected chi connectivity index (χ3v) is 1.09. The molecule has 11 heavy (non-hydrogen) atoms. The van der Waals surface area contributed by atoms with Gasteiger partial charge in [-0.2, -0.15) is 0 Å². The molecule has 0 saturated carbocycles. The summed E-state index contributed by atoms with van der Waals surface area (Å²) in [5.74, 6) is -1.10. The van der Waals surface area contributed by atoms with E-state index in [9.17, 15) is 9.59 Å². The maximum absolute atomic E-state index is 10.7. The fraction of sp³-hybridized carbons (Fsp3) is 0.714. The van der Waals surface area contributed by atoms with E-state index in [2.05, 4.69) is 4.74 Å². The van der Waals surface area contributed by atoms with Gasteiger partial charge in [0.15, 0.2) is 5.78 Å². The Morgan fingerprint density at radius 3 is 2.45 bits per heavy atom. The molecular formula is C7H12O4. The minimum atomic E-state index is -1.08. The van der Waals surface area contributed by atoms with Crippen LogP contribution in [0.25, 0.3) is 0 Å². The average molecular weight is 160 g/mol. The Kier molecular flexibility index (Phi) is 4.45. The molecule has 4 nitrogen and oxygen atoms in total. The lowest BCUT2D eigenvalue weighted by Crippen LogP contribution is -2.20. The summed E-state index contributed by atoms with van der Waals surface area (Å²) in [6.45, 7) is 3.23. The van der Waals surface area contributed by atoms with Gasteiger partial charge in [-0.1, -0.05) is 0 Å². The van der Waals surface area contributed by atoms with Crippen LogP contribution in [0.15, 0.2) is 0 Å². The Balaban J connectivity index is 3.67. The molecule has 0 aromatic carbocycles. The third kappa shape index (κ3) is 4.50.